The summed E-state index contributed by atoms with van der Waals surface area (Å²) in [5, 5.41) is 0. The van der Waals surface area contributed by atoms with Crippen molar-refractivity contribution in [1.82, 2.24) is 0 Å². The standard InChI is InChI=1S/C16H21IO3S/c1-2-3-6-12-20-16(18)8-5-4-7-11-19-13-14-9-10-15(17)21-14/h2-3,6,9-10H,1,4-5,7-8,11-13H2. The molecular weight excluding hydrogens is 399 g/mol. The van der Waals surface area contributed by atoms with E-state index in [-0.39, 0.29) is 5.97 Å². The van der Waals surface area contributed by atoms with Gasteiger partial charge in [-0.25, -0.2) is 0 Å². The topological polar surface area (TPSA) is 35.5 Å². The predicted octanol–water partition coefficient (Wildman–Crippen LogP) is 4.72. The van der Waals surface area contributed by atoms with Crippen LogP contribution in [0.15, 0.2) is 36.9 Å². The van der Waals surface area contributed by atoms with Gasteiger partial charge in [-0.05, 0) is 53.6 Å². The first kappa shape index (κ1) is 18.4. The molecule has 0 unspecified atom stereocenters. The van der Waals surface area contributed by atoms with Gasteiger partial charge in [-0.1, -0.05) is 25.2 Å². The highest BCUT2D eigenvalue weighted by atomic mass is 127. The lowest BCUT2D eigenvalue weighted by Crippen LogP contribution is -2.04. The highest BCUT2D eigenvalue weighted by molar-refractivity contribution is 14.1. The van der Waals surface area contributed by atoms with E-state index in [0.717, 1.165) is 25.9 Å². The summed E-state index contributed by atoms with van der Waals surface area (Å²) in [4.78, 5) is 12.6. The molecule has 0 bridgehead atoms. The van der Waals surface area contributed by atoms with Crippen LogP contribution in [0.2, 0.25) is 0 Å². The van der Waals surface area contributed by atoms with Gasteiger partial charge in [-0.2, -0.15) is 0 Å². The molecule has 1 heterocycles. The number of hydrogen-bond donors (Lipinski definition) is 0. The van der Waals surface area contributed by atoms with E-state index in [4.69, 9.17) is 9.47 Å². The van der Waals surface area contributed by atoms with E-state index < -0.39 is 0 Å². The molecule has 1 rings (SSSR count). The Bertz CT molecular complexity index is 454. The van der Waals surface area contributed by atoms with Gasteiger partial charge in [-0.15, -0.1) is 11.3 Å². The summed E-state index contributed by atoms with van der Waals surface area (Å²) in [5.74, 6) is -0.141. The van der Waals surface area contributed by atoms with Gasteiger partial charge >= 0.3 is 5.97 Å². The van der Waals surface area contributed by atoms with Crippen molar-refractivity contribution in [2.75, 3.05) is 13.2 Å². The quantitative estimate of drug-likeness (QED) is 0.225. The zero-order chi connectivity index (χ0) is 15.3. The monoisotopic (exact) mass is 420 g/mol. The van der Waals surface area contributed by atoms with E-state index in [2.05, 4.69) is 41.3 Å². The van der Waals surface area contributed by atoms with E-state index >= 15 is 0 Å². The van der Waals surface area contributed by atoms with Gasteiger partial charge in [0, 0.05) is 17.9 Å². The van der Waals surface area contributed by atoms with Crippen molar-refractivity contribution in [2.24, 2.45) is 0 Å². The second kappa shape index (κ2) is 11.9. The van der Waals surface area contributed by atoms with Crippen molar-refractivity contribution in [1.29, 1.82) is 0 Å². The fraction of sp³-hybridized carbons (Fsp3) is 0.438. The van der Waals surface area contributed by atoms with Crippen molar-refractivity contribution in [3.8, 4) is 0 Å². The molecule has 0 amide bonds. The van der Waals surface area contributed by atoms with Crippen molar-refractivity contribution >= 4 is 39.9 Å². The lowest BCUT2D eigenvalue weighted by atomic mass is 10.2. The largest absolute Gasteiger partial charge is 0.461 e. The second-order valence-corrected chi connectivity index (χ2v) is 7.48. The van der Waals surface area contributed by atoms with Crippen LogP contribution in [0.25, 0.3) is 0 Å². The summed E-state index contributed by atoms with van der Waals surface area (Å²) < 4.78 is 11.9. The SMILES string of the molecule is C=CC=CCOC(=O)CCCCCOCc1ccc(I)s1. The van der Waals surface area contributed by atoms with E-state index in [0.29, 0.717) is 19.6 Å². The number of esters is 1. The van der Waals surface area contributed by atoms with Gasteiger partial charge < -0.3 is 9.47 Å². The summed E-state index contributed by atoms with van der Waals surface area (Å²) in [7, 11) is 0. The Kier molecular flexibility index (Phi) is 10.5. The Balaban J connectivity index is 1.91. The van der Waals surface area contributed by atoms with Gasteiger partial charge in [0.2, 0.25) is 0 Å². The van der Waals surface area contributed by atoms with E-state index in [1.165, 1.54) is 7.76 Å². The molecule has 0 saturated heterocycles. The molecule has 0 aromatic carbocycles. The fourth-order valence-corrected chi connectivity index (χ4v) is 3.31. The first-order valence-corrected chi connectivity index (χ1v) is 8.87. The Hall–Kier alpha value is -0.660. The van der Waals surface area contributed by atoms with Crippen LogP contribution in [-0.2, 0) is 20.9 Å². The summed E-state index contributed by atoms with van der Waals surface area (Å²) in [5.41, 5.74) is 0. The summed E-state index contributed by atoms with van der Waals surface area (Å²) >= 11 is 4.07. The van der Waals surface area contributed by atoms with Crippen LogP contribution in [0.3, 0.4) is 0 Å². The molecular formula is C16H21IO3S. The molecule has 0 aliphatic carbocycles. The Morgan fingerprint density at radius 3 is 2.90 bits per heavy atom. The van der Waals surface area contributed by atoms with Crippen LogP contribution in [-0.4, -0.2) is 19.2 Å². The highest BCUT2D eigenvalue weighted by Gasteiger charge is 2.01. The fourth-order valence-electron chi connectivity index (χ4n) is 1.62. The van der Waals surface area contributed by atoms with Crippen molar-refractivity contribution in [3.63, 3.8) is 0 Å². The number of halogens is 1. The summed E-state index contributed by atoms with van der Waals surface area (Å²) in [6, 6.07) is 4.20. The molecule has 0 saturated carbocycles. The minimum atomic E-state index is -0.141. The van der Waals surface area contributed by atoms with Crippen LogP contribution in [0.1, 0.15) is 30.6 Å². The van der Waals surface area contributed by atoms with Crippen molar-refractivity contribution < 1.29 is 14.3 Å². The number of hydrogen-bond acceptors (Lipinski definition) is 4. The van der Waals surface area contributed by atoms with Crippen LogP contribution in [0.5, 0.6) is 0 Å². The third-order valence-corrected chi connectivity index (χ3v) is 4.52. The van der Waals surface area contributed by atoms with E-state index in [1.807, 2.05) is 0 Å². The molecule has 0 spiro atoms. The maximum absolute atomic E-state index is 11.4. The maximum atomic E-state index is 11.4. The number of ether oxygens (including phenoxy) is 2. The number of unbranched alkanes of at least 4 members (excludes halogenated alkanes) is 2. The minimum absolute atomic E-state index is 0.141. The maximum Gasteiger partial charge on any atom is 0.306 e. The predicted molar refractivity (Wildman–Crippen MR) is 95.5 cm³/mol. The number of carbonyl (C=O) groups excluding carboxylic acids is 1. The highest BCUT2D eigenvalue weighted by Crippen LogP contribution is 2.18. The van der Waals surface area contributed by atoms with E-state index in [9.17, 15) is 4.79 Å². The van der Waals surface area contributed by atoms with Gasteiger partial charge in [0.1, 0.15) is 6.61 Å². The lowest BCUT2D eigenvalue weighted by Gasteiger charge is -2.03. The average molecular weight is 420 g/mol. The number of thiophene rings is 1. The number of allylic oxidation sites excluding steroid dienone is 2. The molecule has 116 valence electrons. The van der Waals surface area contributed by atoms with Gasteiger partial charge in [0.15, 0.2) is 0 Å². The molecule has 0 fully saturated rings. The Morgan fingerprint density at radius 2 is 2.19 bits per heavy atom. The zero-order valence-electron chi connectivity index (χ0n) is 12.1. The van der Waals surface area contributed by atoms with E-state index in [1.54, 1.807) is 29.6 Å². The lowest BCUT2D eigenvalue weighted by molar-refractivity contribution is -0.142. The first-order chi connectivity index (χ1) is 10.2. The smallest absolute Gasteiger partial charge is 0.306 e. The zero-order valence-corrected chi connectivity index (χ0v) is 15.0. The molecule has 3 nitrogen and oxygen atoms in total. The molecule has 0 aliphatic rings. The Labute approximate surface area is 144 Å². The minimum Gasteiger partial charge on any atom is -0.461 e. The molecule has 0 N–H and O–H groups in total. The Morgan fingerprint density at radius 1 is 1.33 bits per heavy atom. The van der Waals surface area contributed by atoms with Gasteiger partial charge in [0.25, 0.3) is 0 Å². The molecule has 5 heteroatoms. The van der Waals surface area contributed by atoms with Gasteiger partial charge in [-0.3, -0.25) is 4.79 Å². The van der Waals surface area contributed by atoms with Crippen molar-refractivity contribution in [3.05, 3.63) is 44.7 Å². The molecule has 0 aliphatic heterocycles. The molecule has 0 atom stereocenters. The third-order valence-electron chi connectivity index (χ3n) is 2.66. The molecule has 1 aromatic heterocycles. The summed E-state index contributed by atoms with van der Waals surface area (Å²) in [6.07, 6.45) is 8.48. The van der Waals surface area contributed by atoms with Crippen molar-refractivity contribution in [2.45, 2.75) is 32.3 Å². The summed E-state index contributed by atoms with van der Waals surface area (Å²) in [6.45, 7) is 5.30. The van der Waals surface area contributed by atoms with Crippen LogP contribution >= 0.6 is 33.9 Å². The second-order valence-electron chi connectivity index (χ2n) is 4.42. The molecule has 0 radical (unpaired) electrons. The molecule has 1 aromatic rings. The number of rotatable bonds is 11. The van der Waals surface area contributed by atoms with Crippen LogP contribution in [0, 0.1) is 2.88 Å². The molecule has 21 heavy (non-hydrogen) atoms. The normalized spacial score (nSPS) is 10.9. The van der Waals surface area contributed by atoms with Gasteiger partial charge in [0.05, 0.1) is 9.49 Å². The van der Waals surface area contributed by atoms with Crippen LogP contribution in [0.4, 0.5) is 0 Å². The average Bonchev–Trinajstić information content (AvgIpc) is 2.88. The first-order valence-electron chi connectivity index (χ1n) is 6.97. The number of carbonyl (C=O) groups is 1. The third kappa shape index (κ3) is 9.82. The van der Waals surface area contributed by atoms with Crippen LogP contribution < -0.4 is 0 Å².